The van der Waals surface area contributed by atoms with Crippen molar-refractivity contribution in [1.82, 2.24) is 25.3 Å². The summed E-state index contributed by atoms with van der Waals surface area (Å²) in [5, 5.41) is 21.7. The van der Waals surface area contributed by atoms with Crippen molar-refractivity contribution in [3.8, 4) is 0 Å². The molecule has 0 unspecified atom stereocenters. The van der Waals surface area contributed by atoms with Gasteiger partial charge in [0.05, 0.1) is 12.5 Å². The van der Waals surface area contributed by atoms with E-state index in [-0.39, 0.29) is 17.9 Å². The maximum Gasteiger partial charge on any atom is 0.205 e. The van der Waals surface area contributed by atoms with Crippen LogP contribution in [-0.2, 0) is 17.6 Å². The van der Waals surface area contributed by atoms with E-state index < -0.39 is 0 Å². The first-order valence-corrected chi connectivity index (χ1v) is 11.4. The van der Waals surface area contributed by atoms with Gasteiger partial charge in [0, 0.05) is 31.9 Å². The van der Waals surface area contributed by atoms with E-state index in [2.05, 4.69) is 47.6 Å². The van der Waals surface area contributed by atoms with Gasteiger partial charge in [-0.3, -0.25) is 9.69 Å². The zero-order valence-corrected chi connectivity index (χ0v) is 18.3. The second kappa shape index (κ2) is 8.68. The van der Waals surface area contributed by atoms with Crippen LogP contribution >= 0.6 is 11.3 Å². The van der Waals surface area contributed by atoms with Gasteiger partial charge in [0.25, 0.3) is 0 Å². The minimum absolute atomic E-state index is 0.173. The smallest absolute Gasteiger partial charge is 0.205 e. The molecule has 0 aliphatic carbocycles. The Morgan fingerprint density at radius 2 is 2.06 bits per heavy atom. The molecule has 8 nitrogen and oxygen atoms in total. The number of benzene rings is 1. The minimum atomic E-state index is -0.208. The molecule has 1 fully saturated rings. The number of carbonyl (C=O) groups is 1. The highest BCUT2D eigenvalue weighted by Crippen LogP contribution is 2.31. The van der Waals surface area contributed by atoms with Crippen LogP contribution in [0.4, 0.5) is 10.9 Å². The molecule has 31 heavy (non-hydrogen) atoms. The topological polar surface area (TPSA) is 87.1 Å². The van der Waals surface area contributed by atoms with Crippen molar-refractivity contribution in [3.05, 3.63) is 58.7 Å². The van der Waals surface area contributed by atoms with Gasteiger partial charge in [-0.05, 0) is 43.1 Å². The predicted molar refractivity (Wildman–Crippen MR) is 120 cm³/mol. The summed E-state index contributed by atoms with van der Waals surface area (Å²) >= 11 is 1.47. The van der Waals surface area contributed by atoms with Crippen LogP contribution in [0.1, 0.15) is 28.6 Å². The molecule has 9 heteroatoms. The van der Waals surface area contributed by atoms with Gasteiger partial charge in [0.2, 0.25) is 5.13 Å². The Hall–Kier alpha value is -2.91. The van der Waals surface area contributed by atoms with Crippen LogP contribution in [-0.4, -0.2) is 63.8 Å². The van der Waals surface area contributed by atoms with E-state index in [1.54, 1.807) is 6.20 Å². The molecule has 2 aliphatic rings. The Bertz CT molecular complexity index is 1060. The van der Waals surface area contributed by atoms with Gasteiger partial charge in [-0.1, -0.05) is 35.6 Å². The number of hydrogen-bond donors (Lipinski definition) is 1. The summed E-state index contributed by atoms with van der Waals surface area (Å²) < 4.78 is 0. The third-order valence-electron chi connectivity index (χ3n) is 6.02. The Balaban J connectivity index is 1.21. The average Bonchev–Trinajstić information content (AvgIpc) is 3.44. The standard InChI is InChI=1S/C22H25N7OS/c1-28-11-8-15-5-2-3-6-17(15)21(28)18(30)13-20-26-27-22(31-20)24-16-9-12-29(14-16)19-7-4-10-23-25-19/h2-7,10,16,21H,8-9,11-14H2,1H3,(H,24,27)/t16-,21+/m1/s1. The molecule has 2 aromatic heterocycles. The van der Waals surface area contributed by atoms with E-state index in [9.17, 15) is 4.79 Å². The molecule has 0 amide bonds. The van der Waals surface area contributed by atoms with Crippen LogP contribution in [0.3, 0.4) is 0 Å². The number of ketones is 1. The normalized spacial score (nSPS) is 21.1. The van der Waals surface area contributed by atoms with Gasteiger partial charge >= 0.3 is 0 Å². The first-order chi connectivity index (χ1) is 15.2. The first-order valence-electron chi connectivity index (χ1n) is 10.6. The fourth-order valence-electron chi connectivity index (χ4n) is 4.46. The fraction of sp³-hybridized carbons (Fsp3) is 0.409. The van der Waals surface area contributed by atoms with Crippen LogP contribution in [0.15, 0.2) is 42.6 Å². The molecule has 0 spiro atoms. The van der Waals surface area contributed by atoms with Gasteiger partial charge in [0.1, 0.15) is 5.01 Å². The molecular formula is C22H25N7OS. The first kappa shape index (κ1) is 20.0. The number of aromatic nitrogens is 4. The molecular weight excluding hydrogens is 410 g/mol. The molecule has 2 atom stereocenters. The van der Waals surface area contributed by atoms with Crippen molar-refractivity contribution in [1.29, 1.82) is 0 Å². The number of nitrogens with zero attached hydrogens (tertiary/aromatic N) is 6. The Labute approximate surface area is 185 Å². The number of likely N-dealkylation sites (N-methyl/N-ethyl adjacent to an activating group) is 1. The van der Waals surface area contributed by atoms with Gasteiger partial charge in [-0.25, -0.2) is 0 Å². The van der Waals surface area contributed by atoms with Crippen molar-refractivity contribution >= 4 is 28.1 Å². The number of nitrogens with one attached hydrogen (secondary N) is 1. The van der Waals surface area contributed by atoms with Crippen molar-refractivity contribution in [2.24, 2.45) is 0 Å². The van der Waals surface area contributed by atoms with Crippen molar-refractivity contribution in [2.75, 3.05) is 36.9 Å². The lowest BCUT2D eigenvalue weighted by atomic mass is 9.90. The van der Waals surface area contributed by atoms with E-state index in [1.165, 1.54) is 16.9 Å². The van der Waals surface area contributed by atoms with Gasteiger partial charge in [0.15, 0.2) is 11.6 Å². The quantitative estimate of drug-likeness (QED) is 0.631. The van der Waals surface area contributed by atoms with Gasteiger partial charge in [-0.15, -0.1) is 15.3 Å². The third-order valence-corrected chi connectivity index (χ3v) is 6.87. The van der Waals surface area contributed by atoms with Crippen molar-refractivity contribution in [2.45, 2.75) is 31.3 Å². The fourth-order valence-corrected chi connectivity index (χ4v) is 5.29. The van der Waals surface area contributed by atoms with Gasteiger partial charge in [-0.2, -0.15) is 5.10 Å². The molecule has 1 saturated heterocycles. The summed E-state index contributed by atoms with van der Waals surface area (Å²) in [6.07, 6.45) is 3.96. The average molecular weight is 436 g/mol. The zero-order chi connectivity index (χ0) is 21.2. The third kappa shape index (κ3) is 4.28. The number of rotatable bonds is 6. The number of anilines is 2. The lowest BCUT2D eigenvalue weighted by molar-refractivity contribution is -0.123. The summed E-state index contributed by atoms with van der Waals surface area (Å²) in [5.74, 6) is 1.07. The van der Waals surface area contributed by atoms with E-state index >= 15 is 0 Å². The summed E-state index contributed by atoms with van der Waals surface area (Å²) in [5.41, 5.74) is 2.40. The van der Waals surface area contributed by atoms with Crippen LogP contribution < -0.4 is 10.2 Å². The SMILES string of the molecule is CN1CCc2ccccc2[C@H]1C(=O)Cc1nnc(N[C@@H]2CCN(c3cccnn3)C2)s1. The van der Waals surface area contributed by atoms with Crippen LogP contribution in [0.2, 0.25) is 0 Å². The van der Waals surface area contributed by atoms with E-state index in [0.29, 0.717) is 6.42 Å². The summed E-state index contributed by atoms with van der Waals surface area (Å²) in [4.78, 5) is 17.5. The van der Waals surface area contributed by atoms with Crippen molar-refractivity contribution in [3.63, 3.8) is 0 Å². The highest BCUT2D eigenvalue weighted by molar-refractivity contribution is 7.15. The lowest BCUT2D eigenvalue weighted by Gasteiger charge is -2.33. The Morgan fingerprint density at radius 1 is 1.16 bits per heavy atom. The second-order valence-electron chi connectivity index (χ2n) is 8.13. The van der Waals surface area contributed by atoms with Gasteiger partial charge < -0.3 is 10.2 Å². The maximum atomic E-state index is 13.2. The number of hydrogen-bond acceptors (Lipinski definition) is 9. The molecule has 1 aromatic carbocycles. The maximum absolute atomic E-state index is 13.2. The van der Waals surface area contributed by atoms with Crippen LogP contribution in [0, 0.1) is 0 Å². The second-order valence-corrected chi connectivity index (χ2v) is 9.20. The molecule has 4 heterocycles. The van der Waals surface area contributed by atoms with E-state index in [0.717, 1.165) is 54.0 Å². The molecule has 160 valence electrons. The van der Waals surface area contributed by atoms with Crippen LogP contribution in [0.25, 0.3) is 0 Å². The molecule has 0 saturated carbocycles. The molecule has 5 rings (SSSR count). The molecule has 2 aliphatic heterocycles. The molecule has 1 N–H and O–H groups in total. The van der Waals surface area contributed by atoms with Crippen LogP contribution in [0.5, 0.6) is 0 Å². The van der Waals surface area contributed by atoms with Crippen molar-refractivity contribution < 1.29 is 4.79 Å². The highest BCUT2D eigenvalue weighted by Gasteiger charge is 2.31. The lowest BCUT2D eigenvalue weighted by Crippen LogP contribution is -2.37. The number of carbonyl (C=O) groups excluding carboxylic acids is 1. The highest BCUT2D eigenvalue weighted by atomic mass is 32.1. The Morgan fingerprint density at radius 3 is 2.94 bits per heavy atom. The minimum Gasteiger partial charge on any atom is -0.355 e. The summed E-state index contributed by atoms with van der Waals surface area (Å²) in [7, 11) is 2.02. The number of fused-ring (bicyclic) bond motifs is 1. The monoisotopic (exact) mass is 435 g/mol. The number of Topliss-reactive ketones (excluding diaryl/α,β-unsaturated/α-hetero) is 1. The summed E-state index contributed by atoms with van der Waals surface area (Å²) in [6, 6.07) is 12.2. The van der Waals surface area contributed by atoms with E-state index in [1.807, 2.05) is 31.3 Å². The Kier molecular flexibility index (Phi) is 5.61. The van der Waals surface area contributed by atoms with E-state index in [4.69, 9.17) is 0 Å². The molecule has 3 aromatic rings. The zero-order valence-electron chi connectivity index (χ0n) is 17.4. The largest absolute Gasteiger partial charge is 0.355 e. The molecule has 0 radical (unpaired) electrons. The predicted octanol–water partition coefficient (Wildman–Crippen LogP) is 2.36. The summed E-state index contributed by atoms with van der Waals surface area (Å²) in [6.45, 7) is 2.66. The molecule has 0 bridgehead atoms.